The van der Waals surface area contributed by atoms with Crippen molar-refractivity contribution in [3.05, 3.63) is 106 Å². The van der Waals surface area contributed by atoms with Crippen molar-refractivity contribution in [1.29, 1.82) is 0 Å². The number of rotatable bonds is 6. The Hall–Kier alpha value is -4.72. The summed E-state index contributed by atoms with van der Waals surface area (Å²) in [4.78, 5) is 44.8. The highest BCUT2D eigenvalue weighted by molar-refractivity contribution is 6.04. The summed E-state index contributed by atoms with van der Waals surface area (Å²) in [5, 5.41) is 13.1. The number of carbonyl (C=O) groups is 2. The minimum atomic E-state index is -1.15. The third kappa shape index (κ3) is 3.81. The van der Waals surface area contributed by atoms with Crippen molar-refractivity contribution >= 4 is 28.4 Å². The second-order valence-electron chi connectivity index (χ2n) is 7.79. The molecule has 0 atom stereocenters. The van der Waals surface area contributed by atoms with E-state index < -0.39 is 11.9 Å². The maximum absolute atomic E-state index is 12.7. The van der Waals surface area contributed by atoms with Crippen LogP contribution in [0.15, 0.2) is 83.8 Å². The summed E-state index contributed by atoms with van der Waals surface area (Å²) in [6, 6.07) is 20.7. The number of aromatic amines is 1. The number of carboxylic acid groups (broad SMARTS) is 1. The number of carbonyl (C=O) groups excluding carboxylic acids is 1. The summed E-state index contributed by atoms with van der Waals surface area (Å²) in [7, 11) is 0. The average Bonchev–Trinajstić information content (AvgIpc) is 3.22. The average molecular weight is 452 g/mol. The monoisotopic (exact) mass is 452 g/mol. The molecule has 0 fully saturated rings. The van der Waals surface area contributed by atoms with Gasteiger partial charge in [-0.25, -0.2) is 9.78 Å². The number of nitrogens with zero attached hydrogens (tertiary/aromatic N) is 2. The quantitative estimate of drug-likeness (QED) is 0.365. The highest BCUT2D eigenvalue weighted by atomic mass is 16.4. The van der Waals surface area contributed by atoms with Crippen molar-refractivity contribution < 1.29 is 14.7 Å². The molecule has 0 radical (unpaired) electrons. The summed E-state index contributed by atoms with van der Waals surface area (Å²) < 4.78 is 1.48. The molecule has 0 saturated carbocycles. The smallest absolute Gasteiger partial charge is 0.336 e. The first kappa shape index (κ1) is 21.1. The van der Waals surface area contributed by atoms with Gasteiger partial charge in [-0.05, 0) is 42.3 Å². The highest BCUT2D eigenvalue weighted by Crippen LogP contribution is 2.29. The van der Waals surface area contributed by atoms with Crippen LogP contribution in [0.2, 0.25) is 0 Å². The molecular formula is C26H20N4O4. The van der Waals surface area contributed by atoms with Crippen LogP contribution in [0.5, 0.6) is 0 Å². The van der Waals surface area contributed by atoms with E-state index in [1.807, 2.05) is 30.3 Å². The molecule has 2 aromatic carbocycles. The number of fused-ring (bicyclic) bond motifs is 2. The predicted octanol–water partition coefficient (Wildman–Crippen LogP) is 3.51. The zero-order valence-electron chi connectivity index (χ0n) is 18.0. The molecule has 8 heteroatoms. The van der Waals surface area contributed by atoms with Gasteiger partial charge in [0.25, 0.3) is 11.5 Å². The van der Waals surface area contributed by atoms with Gasteiger partial charge in [0.15, 0.2) is 0 Å². The zero-order chi connectivity index (χ0) is 23.7. The third-order valence-electron chi connectivity index (χ3n) is 5.70. The van der Waals surface area contributed by atoms with Gasteiger partial charge in [0.1, 0.15) is 5.65 Å². The number of carboxylic acids is 1. The Bertz CT molecular complexity index is 1620. The first-order chi connectivity index (χ1) is 16.5. The van der Waals surface area contributed by atoms with E-state index in [9.17, 15) is 19.5 Å². The SMILES string of the molecule is O=C(O)c1ccccc1C(=O)NCCc1c(-c2cc(=O)n3ccccc3n2)[nH]c2ccccc12. The Morgan fingerprint density at radius 3 is 2.53 bits per heavy atom. The summed E-state index contributed by atoms with van der Waals surface area (Å²) in [6.07, 6.45) is 2.13. The van der Waals surface area contributed by atoms with Crippen molar-refractivity contribution in [2.75, 3.05) is 6.54 Å². The van der Waals surface area contributed by atoms with Crippen molar-refractivity contribution in [1.82, 2.24) is 19.7 Å². The van der Waals surface area contributed by atoms with Gasteiger partial charge >= 0.3 is 5.97 Å². The third-order valence-corrected chi connectivity index (χ3v) is 5.70. The first-order valence-electron chi connectivity index (χ1n) is 10.7. The number of pyridine rings is 1. The van der Waals surface area contributed by atoms with Crippen molar-refractivity contribution in [3.63, 3.8) is 0 Å². The van der Waals surface area contributed by atoms with E-state index in [2.05, 4.69) is 15.3 Å². The van der Waals surface area contributed by atoms with E-state index in [4.69, 9.17) is 0 Å². The fourth-order valence-corrected chi connectivity index (χ4v) is 4.12. The van der Waals surface area contributed by atoms with Crippen LogP contribution < -0.4 is 10.9 Å². The summed E-state index contributed by atoms with van der Waals surface area (Å²) >= 11 is 0. The Labute approximate surface area is 193 Å². The van der Waals surface area contributed by atoms with Gasteiger partial charge in [-0.2, -0.15) is 0 Å². The molecule has 5 aromatic rings. The minimum absolute atomic E-state index is 0.0476. The number of benzene rings is 2. The molecule has 0 aliphatic heterocycles. The minimum Gasteiger partial charge on any atom is -0.478 e. The van der Waals surface area contributed by atoms with Crippen LogP contribution in [-0.2, 0) is 6.42 Å². The van der Waals surface area contributed by atoms with Gasteiger partial charge in [0.2, 0.25) is 0 Å². The van der Waals surface area contributed by atoms with Gasteiger partial charge in [-0.3, -0.25) is 14.0 Å². The molecule has 34 heavy (non-hydrogen) atoms. The van der Waals surface area contributed by atoms with E-state index in [-0.39, 0.29) is 23.2 Å². The fraction of sp³-hybridized carbons (Fsp3) is 0.0769. The van der Waals surface area contributed by atoms with Crippen molar-refractivity contribution in [2.45, 2.75) is 6.42 Å². The van der Waals surface area contributed by atoms with Crippen molar-refractivity contribution in [2.24, 2.45) is 0 Å². The summed E-state index contributed by atoms with van der Waals surface area (Å²) in [5.41, 5.74) is 3.44. The van der Waals surface area contributed by atoms with E-state index in [0.717, 1.165) is 16.5 Å². The zero-order valence-corrected chi connectivity index (χ0v) is 18.0. The van der Waals surface area contributed by atoms with E-state index in [0.29, 0.717) is 23.5 Å². The van der Waals surface area contributed by atoms with Gasteiger partial charge < -0.3 is 15.4 Å². The van der Waals surface area contributed by atoms with Gasteiger partial charge in [0, 0.05) is 29.7 Å². The molecule has 168 valence electrons. The number of H-pyrrole nitrogens is 1. The van der Waals surface area contributed by atoms with Crippen molar-refractivity contribution in [3.8, 4) is 11.4 Å². The molecule has 0 saturated heterocycles. The molecule has 3 heterocycles. The second-order valence-corrected chi connectivity index (χ2v) is 7.79. The Morgan fingerprint density at radius 1 is 0.971 bits per heavy atom. The first-order valence-corrected chi connectivity index (χ1v) is 10.7. The molecule has 0 aliphatic rings. The number of nitrogens with one attached hydrogen (secondary N) is 2. The second kappa shape index (κ2) is 8.67. The summed E-state index contributed by atoms with van der Waals surface area (Å²) in [5.74, 6) is -1.61. The van der Waals surface area contributed by atoms with Gasteiger partial charge in [0.05, 0.1) is 22.5 Å². The molecule has 1 amide bonds. The highest BCUT2D eigenvalue weighted by Gasteiger charge is 2.18. The normalized spacial score (nSPS) is 11.1. The molecule has 8 nitrogen and oxygen atoms in total. The molecule has 3 N–H and O–H groups in total. The Balaban J connectivity index is 1.48. The topological polar surface area (TPSA) is 117 Å². The van der Waals surface area contributed by atoms with Crippen LogP contribution >= 0.6 is 0 Å². The number of amides is 1. The summed E-state index contributed by atoms with van der Waals surface area (Å²) in [6.45, 7) is 0.272. The number of aromatic nitrogens is 3. The maximum Gasteiger partial charge on any atom is 0.336 e. The van der Waals surface area contributed by atoms with Crippen LogP contribution in [0.3, 0.4) is 0 Å². The van der Waals surface area contributed by atoms with Gasteiger partial charge in [-0.1, -0.05) is 36.4 Å². The lowest BCUT2D eigenvalue weighted by atomic mass is 10.0. The Kier molecular flexibility index (Phi) is 5.39. The van der Waals surface area contributed by atoms with Gasteiger partial charge in [-0.15, -0.1) is 0 Å². The number of hydrogen-bond donors (Lipinski definition) is 3. The van der Waals surface area contributed by atoms with Crippen LogP contribution in [-0.4, -0.2) is 37.9 Å². The molecule has 0 spiro atoms. The number of hydrogen-bond acceptors (Lipinski definition) is 4. The standard InChI is InChI=1S/C26H20N4O4/c31-23-15-21(28-22-11-5-6-14-30(22)23)24-17(16-7-3-4-10-20(16)29-24)12-13-27-25(32)18-8-1-2-9-19(18)26(33)34/h1-11,14-15,29H,12-13H2,(H,27,32)(H,33,34). The molecule has 0 bridgehead atoms. The van der Waals surface area contributed by atoms with Crippen LogP contribution in [0.4, 0.5) is 0 Å². The molecule has 3 aromatic heterocycles. The van der Waals surface area contributed by atoms with E-state index in [1.54, 1.807) is 30.5 Å². The molecule has 0 unspecified atom stereocenters. The maximum atomic E-state index is 12.7. The lowest BCUT2D eigenvalue weighted by Crippen LogP contribution is -2.27. The lowest BCUT2D eigenvalue weighted by molar-refractivity contribution is 0.0691. The lowest BCUT2D eigenvalue weighted by Gasteiger charge is -2.09. The predicted molar refractivity (Wildman–Crippen MR) is 128 cm³/mol. The Morgan fingerprint density at radius 2 is 1.71 bits per heavy atom. The largest absolute Gasteiger partial charge is 0.478 e. The van der Waals surface area contributed by atoms with Crippen LogP contribution in [0.25, 0.3) is 27.9 Å². The fourth-order valence-electron chi connectivity index (χ4n) is 4.12. The molecule has 0 aliphatic carbocycles. The molecule has 5 rings (SSSR count). The van der Waals surface area contributed by atoms with Crippen LogP contribution in [0, 0.1) is 0 Å². The van der Waals surface area contributed by atoms with E-state index in [1.165, 1.54) is 22.6 Å². The number of aromatic carboxylic acids is 1. The molecular weight excluding hydrogens is 432 g/mol. The van der Waals surface area contributed by atoms with Crippen LogP contribution in [0.1, 0.15) is 26.3 Å². The number of para-hydroxylation sites is 1. The van der Waals surface area contributed by atoms with E-state index >= 15 is 0 Å².